The Kier molecular flexibility index (Phi) is 4.41. The molecule has 24 heavy (non-hydrogen) atoms. The van der Waals surface area contributed by atoms with Crippen LogP contribution in [0.5, 0.6) is 0 Å². The minimum Gasteiger partial charge on any atom is -0.459 e. The number of hydrogen-bond acceptors (Lipinski definition) is 5. The molecule has 2 aromatic heterocycles. The van der Waals surface area contributed by atoms with Gasteiger partial charge in [-0.1, -0.05) is 18.2 Å². The van der Waals surface area contributed by atoms with Crippen LogP contribution in [0.25, 0.3) is 10.8 Å². The molecule has 0 aliphatic carbocycles. The molecular formula is C17H18N4O3. The van der Waals surface area contributed by atoms with Crippen LogP contribution in [0, 0.1) is 0 Å². The largest absolute Gasteiger partial charge is 0.459 e. The van der Waals surface area contributed by atoms with Crippen molar-refractivity contribution in [3.63, 3.8) is 0 Å². The van der Waals surface area contributed by atoms with Crippen molar-refractivity contribution in [1.29, 1.82) is 0 Å². The maximum Gasteiger partial charge on any atom is 0.359 e. The van der Waals surface area contributed by atoms with E-state index in [1.807, 2.05) is 13.8 Å². The first-order valence-corrected chi connectivity index (χ1v) is 7.74. The normalized spacial score (nSPS) is 11.1. The maximum atomic E-state index is 12.5. The highest BCUT2D eigenvalue weighted by atomic mass is 16.5. The van der Waals surface area contributed by atoms with Crippen LogP contribution in [0.2, 0.25) is 0 Å². The molecule has 2 heterocycles. The van der Waals surface area contributed by atoms with Crippen LogP contribution < -0.4 is 5.56 Å². The lowest BCUT2D eigenvalue weighted by molar-refractivity contribution is 0.0480. The number of carbonyl (C=O) groups is 1. The first-order valence-electron chi connectivity index (χ1n) is 7.74. The second-order valence-corrected chi connectivity index (χ2v) is 5.64. The monoisotopic (exact) mass is 326 g/mol. The van der Waals surface area contributed by atoms with Crippen LogP contribution in [0.4, 0.5) is 0 Å². The smallest absolute Gasteiger partial charge is 0.359 e. The first-order chi connectivity index (χ1) is 11.6. The van der Waals surface area contributed by atoms with Crippen molar-refractivity contribution in [2.75, 3.05) is 6.61 Å². The third kappa shape index (κ3) is 3.05. The highest BCUT2D eigenvalue weighted by Gasteiger charge is 2.18. The second kappa shape index (κ2) is 6.66. The standard InChI is InChI=1S/C17H18N4O3/c1-12(2)21-16(22)14-7-4-3-6-13(14)15(19-21)17(23)24-11-10-20-9-5-8-18-20/h3-9,12H,10-11H2,1-2H3. The van der Waals surface area contributed by atoms with Gasteiger partial charge >= 0.3 is 5.97 Å². The van der Waals surface area contributed by atoms with E-state index < -0.39 is 5.97 Å². The summed E-state index contributed by atoms with van der Waals surface area (Å²) in [6, 6.07) is 8.58. The Balaban J connectivity index is 1.91. The highest BCUT2D eigenvalue weighted by molar-refractivity contribution is 6.02. The van der Waals surface area contributed by atoms with E-state index in [2.05, 4.69) is 10.2 Å². The Labute approximate surface area is 138 Å². The van der Waals surface area contributed by atoms with E-state index >= 15 is 0 Å². The van der Waals surface area contributed by atoms with Crippen LogP contribution in [0.15, 0.2) is 47.5 Å². The van der Waals surface area contributed by atoms with Gasteiger partial charge in [-0.2, -0.15) is 10.2 Å². The molecule has 1 aromatic carbocycles. The number of aromatic nitrogens is 4. The van der Waals surface area contributed by atoms with Gasteiger partial charge in [0, 0.05) is 17.8 Å². The number of rotatable bonds is 5. The number of esters is 1. The number of hydrogen-bond donors (Lipinski definition) is 0. The zero-order chi connectivity index (χ0) is 17.1. The fourth-order valence-electron chi connectivity index (χ4n) is 2.44. The first kappa shape index (κ1) is 15.9. The summed E-state index contributed by atoms with van der Waals surface area (Å²) in [5.74, 6) is -0.548. The summed E-state index contributed by atoms with van der Waals surface area (Å²) in [5.41, 5.74) is -0.0620. The van der Waals surface area contributed by atoms with E-state index in [4.69, 9.17) is 4.74 Å². The molecule has 0 bridgehead atoms. The van der Waals surface area contributed by atoms with Gasteiger partial charge in [0.15, 0.2) is 5.69 Å². The zero-order valence-corrected chi connectivity index (χ0v) is 13.5. The lowest BCUT2D eigenvalue weighted by Gasteiger charge is -2.13. The summed E-state index contributed by atoms with van der Waals surface area (Å²) in [4.78, 5) is 24.9. The maximum absolute atomic E-state index is 12.5. The molecule has 7 heteroatoms. The minimum atomic E-state index is -0.548. The topological polar surface area (TPSA) is 79.0 Å². The third-order valence-corrected chi connectivity index (χ3v) is 3.62. The minimum absolute atomic E-state index is 0.152. The van der Waals surface area contributed by atoms with E-state index in [9.17, 15) is 9.59 Å². The molecule has 124 valence electrons. The van der Waals surface area contributed by atoms with Crippen LogP contribution in [0.3, 0.4) is 0 Å². The van der Waals surface area contributed by atoms with Gasteiger partial charge in [0.2, 0.25) is 0 Å². The molecule has 0 amide bonds. The number of fused-ring (bicyclic) bond motifs is 1. The zero-order valence-electron chi connectivity index (χ0n) is 13.5. The molecule has 0 unspecified atom stereocenters. The summed E-state index contributed by atoms with van der Waals surface area (Å²) in [6.07, 6.45) is 3.45. The molecule has 0 saturated carbocycles. The van der Waals surface area contributed by atoms with Gasteiger partial charge in [0.05, 0.1) is 18.0 Å². The predicted octanol–water partition coefficient (Wildman–Crippen LogP) is 2.03. The SMILES string of the molecule is CC(C)n1nc(C(=O)OCCn2cccn2)c2ccccc2c1=O. The van der Waals surface area contributed by atoms with Gasteiger partial charge in [0.1, 0.15) is 6.61 Å². The Hall–Kier alpha value is -2.96. The lowest BCUT2D eigenvalue weighted by atomic mass is 10.1. The predicted molar refractivity (Wildman–Crippen MR) is 88.9 cm³/mol. The summed E-state index contributed by atoms with van der Waals surface area (Å²) in [5, 5.41) is 9.23. The van der Waals surface area contributed by atoms with Gasteiger partial charge in [-0.15, -0.1) is 0 Å². The highest BCUT2D eigenvalue weighted by Crippen LogP contribution is 2.15. The summed E-state index contributed by atoms with van der Waals surface area (Å²) in [7, 11) is 0. The average Bonchev–Trinajstić information content (AvgIpc) is 3.08. The van der Waals surface area contributed by atoms with Gasteiger partial charge in [-0.25, -0.2) is 9.48 Å². The molecular weight excluding hydrogens is 308 g/mol. The van der Waals surface area contributed by atoms with Crippen molar-refractivity contribution < 1.29 is 9.53 Å². The van der Waals surface area contributed by atoms with Crippen LogP contribution >= 0.6 is 0 Å². The van der Waals surface area contributed by atoms with Gasteiger partial charge in [0.25, 0.3) is 5.56 Å². The third-order valence-electron chi connectivity index (χ3n) is 3.62. The van der Waals surface area contributed by atoms with Crippen LogP contribution in [0.1, 0.15) is 30.4 Å². The van der Waals surface area contributed by atoms with E-state index in [0.29, 0.717) is 17.3 Å². The van der Waals surface area contributed by atoms with Crippen molar-refractivity contribution in [1.82, 2.24) is 19.6 Å². The van der Waals surface area contributed by atoms with Gasteiger partial charge < -0.3 is 4.74 Å². The molecule has 0 aliphatic rings. The number of nitrogens with zero attached hydrogens (tertiary/aromatic N) is 4. The molecule has 0 aliphatic heterocycles. The lowest BCUT2D eigenvalue weighted by Crippen LogP contribution is -2.28. The van der Waals surface area contributed by atoms with Gasteiger partial charge in [-0.05, 0) is 26.0 Å². The van der Waals surface area contributed by atoms with Crippen molar-refractivity contribution >= 4 is 16.7 Å². The summed E-state index contributed by atoms with van der Waals surface area (Å²) in [6.45, 7) is 4.32. The Bertz CT molecular complexity index is 913. The van der Waals surface area contributed by atoms with E-state index in [0.717, 1.165) is 0 Å². The van der Waals surface area contributed by atoms with E-state index in [-0.39, 0.29) is 23.9 Å². The molecule has 0 saturated heterocycles. The number of ether oxygens (including phenoxy) is 1. The van der Waals surface area contributed by atoms with Crippen molar-refractivity contribution in [2.24, 2.45) is 0 Å². The molecule has 0 atom stereocenters. The fraction of sp³-hybridized carbons (Fsp3) is 0.294. The molecule has 0 spiro atoms. The van der Waals surface area contributed by atoms with Crippen LogP contribution in [-0.2, 0) is 11.3 Å². The Morgan fingerprint density at radius 1 is 1.21 bits per heavy atom. The second-order valence-electron chi connectivity index (χ2n) is 5.64. The van der Waals surface area contributed by atoms with E-state index in [1.54, 1.807) is 47.4 Å². The van der Waals surface area contributed by atoms with Crippen molar-refractivity contribution in [3.8, 4) is 0 Å². The molecule has 0 radical (unpaired) electrons. The quantitative estimate of drug-likeness (QED) is 0.670. The fourth-order valence-corrected chi connectivity index (χ4v) is 2.44. The number of benzene rings is 1. The number of carbonyl (C=O) groups excluding carboxylic acids is 1. The Morgan fingerprint density at radius 2 is 1.96 bits per heavy atom. The average molecular weight is 326 g/mol. The summed E-state index contributed by atoms with van der Waals surface area (Å²) < 4.78 is 8.29. The van der Waals surface area contributed by atoms with Crippen molar-refractivity contribution in [2.45, 2.75) is 26.4 Å². The van der Waals surface area contributed by atoms with Gasteiger partial charge in [-0.3, -0.25) is 9.48 Å². The summed E-state index contributed by atoms with van der Waals surface area (Å²) >= 11 is 0. The molecule has 3 aromatic rings. The molecule has 7 nitrogen and oxygen atoms in total. The molecule has 0 fully saturated rings. The van der Waals surface area contributed by atoms with Crippen molar-refractivity contribution in [3.05, 3.63) is 58.8 Å². The van der Waals surface area contributed by atoms with E-state index in [1.165, 1.54) is 4.68 Å². The molecule has 0 N–H and O–H groups in total. The molecule has 3 rings (SSSR count). The Morgan fingerprint density at radius 3 is 2.62 bits per heavy atom. The van der Waals surface area contributed by atoms with Crippen LogP contribution in [-0.4, -0.2) is 32.1 Å².